The maximum atomic E-state index is 4.95. The molecule has 1 aliphatic rings. The summed E-state index contributed by atoms with van der Waals surface area (Å²) < 4.78 is 2.69. The average Bonchev–Trinajstić information content (AvgIpc) is 3.32. The van der Waals surface area contributed by atoms with Crippen LogP contribution >= 0.6 is 23.1 Å². The number of thiophene rings is 1. The third kappa shape index (κ3) is 3.88. The molecule has 2 unspecified atom stereocenters. The Morgan fingerprint density at radius 2 is 1.74 bits per heavy atom. The lowest BCUT2D eigenvalue weighted by Crippen LogP contribution is -2.12. The first-order valence-electron chi connectivity index (χ1n) is 12.8. The van der Waals surface area contributed by atoms with Gasteiger partial charge in [0.25, 0.3) is 0 Å². The molecular weight excluding hydrogens is 462 g/mol. The molecule has 0 spiro atoms. The second kappa shape index (κ2) is 8.35. The summed E-state index contributed by atoms with van der Waals surface area (Å²) in [5.41, 5.74) is 5.31. The lowest BCUT2D eigenvalue weighted by atomic mass is 9.82. The molecule has 178 valence electrons. The first-order chi connectivity index (χ1) is 16.7. The molecule has 5 aromatic rings. The number of thioether (sulfide) groups is 1. The number of hydrogen-bond donors (Lipinski definition) is 0. The van der Waals surface area contributed by atoms with Crippen LogP contribution in [0.15, 0.2) is 65.7 Å². The smallest absolute Gasteiger partial charge is 0.0880 e. The minimum Gasteiger partial charge on any atom is -0.255 e. The molecule has 0 saturated heterocycles. The molecule has 1 nitrogen and oxygen atoms in total. The van der Waals surface area contributed by atoms with E-state index in [-0.39, 0.29) is 5.41 Å². The zero-order valence-corrected chi connectivity index (χ0v) is 23.1. The van der Waals surface area contributed by atoms with Gasteiger partial charge < -0.3 is 0 Å². The first-order valence-corrected chi connectivity index (χ1v) is 14.5. The van der Waals surface area contributed by atoms with Gasteiger partial charge in [-0.15, -0.1) is 23.1 Å². The maximum Gasteiger partial charge on any atom is 0.0880 e. The minimum absolute atomic E-state index is 0.0599. The summed E-state index contributed by atoms with van der Waals surface area (Å²) in [7, 11) is 0. The molecule has 0 fully saturated rings. The van der Waals surface area contributed by atoms with Gasteiger partial charge in [0.2, 0.25) is 0 Å². The van der Waals surface area contributed by atoms with Crippen LogP contribution in [0.4, 0.5) is 0 Å². The van der Waals surface area contributed by atoms with E-state index in [1.54, 1.807) is 0 Å². The van der Waals surface area contributed by atoms with Crippen molar-refractivity contribution in [3.8, 4) is 11.3 Å². The van der Waals surface area contributed by atoms with E-state index in [1.807, 2.05) is 17.5 Å². The van der Waals surface area contributed by atoms with E-state index in [1.165, 1.54) is 59.0 Å². The Hall–Kier alpha value is -2.36. The van der Waals surface area contributed by atoms with E-state index in [9.17, 15) is 0 Å². The Morgan fingerprint density at radius 1 is 0.943 bits per heavy atom. The van der Waals surface area contributed by atoms with Gasteiger partial charge in [-0.25, -0.2) is 0 Å². The largest absolute Gasteiger partial charge is 0.255 e. The Labute approximate surface area is 217 Å². The lowest BCUT2D eigenvalue weighted by Gasteiger charge is -2.22. The van der Waals surface area contributed by atoms with Gasteiger partial charge in [-0.2, -0.15) is 0 Å². The van der Waals surface area contributed by atoms with Crippen LogP contribution in [0.1, 0.15) is 65.0 Å². The van der Waals surface area contributed by atoms with Crippen molar-refractivity contribution in [2.75, 3.05) is 0 Å². The first kappa shape index (κ1) is 23.1. The molecule has 35 heavy (non-hydrogen) atoms. The number of fused-ring (bicyclic) bond motifs is 5. The van der Waals surface area contributed by atoms with Crippen molar-refractivity contribution in [1.29, 1.82) is 0 Å². The van der Waals surface area contributed by atoms with Crippen molar-refractivity contribution in [1.82, 2.24) is 4.98 Å². The van der Waals surface area contributed by atoms with E-state index < -0.39 is 0 Å². The second-order valence-electron chi connectivity index (χ2n) is 11.6. The summed E-state index contributed by atoms with van der Waals surface area (Å²) in [5, 5.41) is 6.04. The van der Waals surface area contributed by atoms with E-state index >= 15 is 0 Å². The molecule has 0 amide bonds. The Kier molecular flexibility index (Phi) is 5.50. The second-order valence-corrected chi connectivity index (χ2v) is 13.9. The van der Waals surface area contributed by atoms with Crippen molar-refractivity contribution in [2.45, 2.75) is 69.4 Å². The third-order valence-electron chi connectivity index (χ3n) is 7.49. The fourth-order valence-corrected chi connectivity index (χ4v) is 8.62. The summed E-state index contributed by atoms with van der Waals surface area (Å²) in [5.74, 6) is 1.35. The highest BCUT2D eigenvalue weighted by Gasteiger charge is 2.31. The third-order valence-corrected chi connectivity index (χ3v) is 10.2. The van der Waals surface area contributed by atoms with Gasteiger partial charge >= 0.3 is 0 Å². The Bertz CT molecular complexity index is 1580. The van der Waals surface area contributed by atoms with Crippen LogP contribution in [0.25, 0.3) is 42.2 Å². The normalized spacial score (nSPS) is 18.3. The van der Waals surface area contributed by atoms with Gasteiger partial charge in [0.1, 0.15) is 0 Å². The topological polar surface area (TPSA) is 12.9 Å². The zero-order chi connectivity index (χ0) is 24.5. The lowest BCUT2D eigenvalue weighted by molar-refractivity contribution is 0.535. The van der Waals surface area contributed by atoms with E-state index in [0.717, 1.165) is 11.6 Å². The number of hydrogen-bond acceptors (Lipinski definition) is 3. The molecule has 3 heterocycles. The molecule has 0 aliphatic carbocycles. The van der Waals surface area contributed by atoms with Crippen molar-refractivity contribution in [3.63, 3.8) is 0 Å². The van der Waals surface area contributed by atoms with E-state index in [2.05, 4.69) is 108 Å². The van der Waals surface area contributed by atoms with Crippen molar-refractivity contribution >= 4 is 54.0 Å². The van der Waals surface area contributed by atoms with Gasteiger partial charge in [0, 0.05) is 37.4 Å². The van der Waals surface area contributed by atoms with Crippen LogP contribution in [-0.4, -0.2) is 10.2 Å². The van der Waals surface area contributed by atoms with Crippen LogP contribution in [-0.2, 0) is 5.41 Å². The highest BCUT2D eigenvalue weighted by molar-refractivity contribution is 8.00. The molecule has 0 N–H and O–H groups in total. The summed E-state index contributed by atoms with van der Waals surface area (Å²) in [4.78, 5) is 6.43. The van der Waals surface area contributed by atoms with Crippen molar-refractivity contribution in [2.24, 2.45) is 5.92 Å². The molecule has 2 atom stereocenters. The fraction of sp³-hybridized carbons (Fsp3) is 0.344. The fourth-order valence-electron chi connectivity index (χ4n) is 5.66. The van der Waals surface area contributed by atoms with Gasteiger partial charge in [-0.05, 0) is 75.9 Å². The Balaban J connectivity index is 1.54. The highest BCUT2D eigenvalue weighted by Crippen LogP contribution is 2.51. The zero-order valence-electron chi connectivity index (χ0n) is 21.5. The molecule has 0 saturated carbocycles. The minimum atomic E-state index is 0.0599. The number of benzene rings is 3. The average molecular weight is 496 g/mol. The quantitative estimate of drug-likeness (QED) is 0.247. The molecule has 6 rings (SSSR count). The summed E-state index contributed by atoms with van der Waals surface area (Å²) in [6.07, 6.45) is 3.28. The van der Waals surface area contributed by atoms with Crippen LogP contribution in [0.2, 0.25) is 0 Å². The summed E-state index contributed by atoms with van der Waals surface area (Å²) in [6, 6.07) is 20.6. The predicted octanol–water partition coefficient (Wildman–Crippen LogP) is 10.2. The summed E-state index contributed by atoms with van der Waals surface area (Å²) in [6.45, 7) is 14.0. The van der Waals surface area contributed by atoms with E-state index in [0.29, 0.717) is 11.2 Å². The van der Waals surface area contributed by atoms with Gasteiger partial charge in [0.05, 0.1) is 10.4 Å². The maximum absolute atomic E-state index is 4.95. The van der Waals surface area contributed by atoms with Gasteiger partial charge in [-0.3, -0.25) is 4.98 Å². The van der Waals surface area contributed by atoms with Crippen LogP contribution in [0.3, 0.4) is 0 Å². The predicted molar refractivity (Wildman–Crippen MR) is 156 cm³/mol. The van der Waals surface area contributed by atoms with E-state index in [4.69, 9.17) is 4.98 Å². The van der Waals surface area contributed by atoms with Crippen LogP contribution in [0, 0.1) is 5.92 Å². The molecular formula is C32H33NS2. The van der Waals surface area contributed by atoms with Crippen molar-refractivity contribution in [3.05, 3.63) is 71.9 Å². The van der Waals surface area contributed by atoms with Crippen LogP contribution in [0.5, 0.6) is 0 Å². The highest BCUT2D eigenvalue weighted by atomic mass is 32.2. The molecule has 3 aromatic carbocycles. The number of aromatic nitrogens is 1. The summed E-state index contributed by atoms with van der Waals surface area (Å²) >= 11 is 4.01. The van der Waals surface area contributed by atoms with Gasteiger partial charge in [0.15, 0.2) is 0 Å². The number of pyridine rings is 1. The monoisotopic (exact) mass is 495 g/mol. The SMILES string of the molecule is CC(C)CC1Sc2cc3c(cc2C1C)sc1c(-c2cc(C(C)(C)C)c4ccccc4c2)nccc13. The van der Waals surface area contributed by atoms with Crippen molar-refractivity contribution < 1.29 is 0 Å². The standard InChI is InChI=1S/C32H33NS2/c1-18(2)13-27-19(3)24-16-29-25(17-28(24)34-27)23-11-12-33-30(31(23)35-29)21-14-20-9-7-8-10-22(20)26(15-21)32(4,5)6/h7-12,14-19,27H,13H2,1-6H3. The Morgan fingerprint density at radius 3 is 2.51 bits per heavy atom. The van der Waals surface area contributed by atoms with Gasteiger partial charge in [-0.1, -0.05) is 65.8 Å². The number of rotatable bonds is 3. The molecule has 2 aromatic heterocycles. The molecule has 1 aliphatic heterocycles. The van der Waals surface area contributed by atoms with Crippen LogP contribution < -0.4 is 0 Å². The molecule has 0 radical (unpaired) electrons. The number of nitrogens with zero attached hydrogens (tertiary/aromatic N) is 1. The molecule has 3 heteroatoms. The molecule has 0 bridgehead atoms.